The van der Waals surface area contributed by atoms with Gasteiger partial charge in [0.25, 0.3) is 0 Å². The normalized spacial score (nSPS) is 26.4. The number of ether oxygens (including phenoxy) is 1. The van der Waals surface area contributed by atoms with Crippen molar-refractivity contribution >= 4 is 11.0 Å². The molecule has 0 radical (unpaired) electrons. The number of hydrogen-bond donors (Lipinski definition) is 1. The molecule has 1 saturated heterocycles. The number of fused-ring (bicyclic) bond motifs is 1. The molecular weight excluding hydrogens is 305 g/mol. The van der Waals surface area contributed by atoms with Crippen molar-refractivity contribution in [3.63, 3.8) is 0 Å². The summed E-state index contributed by atoms with van der Waals surface area (Å²) < 4.78 is 20.2. The summed E-state index contributed by atoms with van der Waals surface area (Å²) in [5.74, 6) is 0.777. The predicted molar refractivity (Wildman–Crippen MR) is 92.7 cm³/mol. The van der Waals surface area contributed by atoms with E-state index >= 15 is 0 Å². The van der Waals surface area contributed by atoms with Crippen LogP contribution in [0.5, 0.6) is 0 Å². The molecule has 2 aliphatic rings. The summed E-state index contributed by atoms with van der Waals surface area (Å²) in [5, 5.41) is 0. The standard InChI is InChI=1S/C19H26FN3O/c1-13-7-8-16-17(9-13)22-19(21-16)12-24-18-11-23(10-15(18)20)14-5-3-2-4-6-14/h7-9,14-15,18H,2-6,10-12H2,1H3,(H,21,22). The van der Waals surface area contributed by atoms with E-state index in [4.69, 9.17) is 4.74 Å². The van der Waals surface area contributed by atoms with Crippen molar-refractivity contribution in [1.29, 1.82) is 0 Å². The molecular formula is C19H26FN3O. The van der Waals surface area contributed by atoms with Crippen LogP contribution >= 0.6 is 0 Å². The van der Waals surface area contributed by atoms with Crippen LogP contribution in [0.4, 0.5) is 4.39 Å². The van der Waals surface area contributed by atoms with Gasteiger partial charge in [0, 0.05) is 19.1 Å². The van der Waals surface area contributed by atoms with Crippen LogP contribution in [0.25, 0.3) is 11.0 Å². The average Bonchev–Trinajstić information content (AvgIpc) is 3.16. The molecule has 24 heavy (non-hydrogen) atoms. The van der Waals surface area contributed by atoms with Crippen LogP contribution in [0.2, 0.25) is 0 Å². The molecule has 5 heteroatoms. The molecule has 4 nitrogen and oxygen atoms in total. The molecule has 0 spiro atoms. The fourth-order valence-corrected chi connectivity index (χ4v) is 4.09. The SMILES string of the molecule is Cc1ccc2nc(COC3CN(C4CCCCC4)CC3F)[nH]c2c1. The molecule has 1 aliphatic carbocycles. The molecule has 1 N–H and O–H groups in total. The van der Waals surface area contributed by atoms with E-state index in [9.17, 15) is 4.39 Å². The Labute approximate surface area is 142 Å². The number of rotatable bonds is 4. The van der Waals surface area contributed by atoms with E-state index in [2.05, 4.69) is 27.9 Å². The van der Waals surface area contributed by atoms with Gasteiger partial charge in [-0.05, 0) is 37.5 Å². The fourth-order valence-electron chi connectivity index (χ4n) is 4.09. The summed E-state index contributed by atoms with van der Waals surface area (Å²) in [6.07, 6.45) is 5.09. The second-order valence-electron chi connectivity index (χ2n) is 7.32. The lowest BCUT2D eigenvalue weighted by atomic mass is 9.94. The van der Waals surface area contributed by atoms with Crippen molar-refractivity contribution in [2.45, 2.75) is 64.0 Å². The van der Waals surface area contributed by atoms with Crippen molar-refractivity contribution in [1.82, 2.24) is 14.9 Å². The molecule has 2 fully saturated rings. The van der Waals surface area contributed by atoms with Gasteiger partial charge in [0.15, 0.2) is 0 Å². The second-order valence-corrected chi connectivity index (χ2v) is 7.32. The highest BCUT2D eigenvalue weighted by molar-refractivity contribution is 5.75. The number of nitrogens with one attached hydrogen (secondary N) is 1. The molecule has 1 aromatic heterocycles. The Morgan fingerprint density at radius 2 is 2.08 bits per heavy atom. The number of hydrogen-bond acceptors (Lipinski definition) is 3. The predicted octanol–water partition coefficient (Wildman–Crippen LogP) is 3.74. The highest BCUT2D eigenvalue weighted by atomic mass is 19.1. The number of benzene rings is 1. The first kappa shape index (κ1) is 16.0. The zero-order valence-corrected chi connectivity index (χ0v) is 14.3. The van der Waals surface area contributed by atoms with Gasteiger partial charge in [-0.25, -0.2) is 9.37 Å². The van der Waals surface area contributed by atoms with E-state index < -0.39 is 6.17 Å². The number of alkyl halides is 1. The maximum absolute atomic E-state index is 14.4. The highest BCUT2D eigenvalue weighted by Crippen LogP contribution is 2.28. The molecule has 130 valence electrons. The molecule has 1 saturated carbocycles. The van der Waals surface area contributed by atoms with Crippen LogP contribution in [-0.2, 0) is 11.3 Å². The van der Waals surface area contributed by atoms with Crippen LogP contribution < -0.4 is 0 Å². The minimum absolute atomic E-state index is 0.332. The van der Waals surface area contributed by atoms with E-state index in [-0.39, 0.29) is 6.10 Å². The topological polar surface area (TPSA) is 41.1 Å². The van der Waals surface area contributed by atoms with Crippen LogP contribution in [0.3, 0.4) is 0 Å². The monoisotopic (exact) mass is 331 g/mol. The summed E-state index contributed by atoms with van der Waals surface area (Å²) >= 11 is 0. The summed E-state index contributed by atoms with van der Waals surface area (Å²) in [7, 11) is 0. The largest absolute Gasteiger partial charge is 0.366 e. The maximum atomic E-state index is 14.4. The minimum atomic E-state index is -0.890. The van der Waals surface area contributed by atoms with E-state index in [1.54, 1.807) is 0 Å². The number of nitrogens with zero attached hydrogens (tertiary/aromatic N) is 2. The van der Waals surface area contributed by atoms with Crippen molar-refractivity contribution < 1.29 is 9.13 Å². The molecule has 1 aromatic carbocycles. The number of imidazole rings is 1. The Bertz CT molecular complexity index is 695. The van der Waals surface area contributed by atoms with Gasteiger partial charge in [-0.3, -0.25) is 4.90 Å². The maximum Gasteiger partial charge on any atom is 0.140 e. The number of aromatic amines is 1. The molecule has 2 heterocycles. The number of aromatic nitrogens is 2. The summed E-state index contributed by atoms with van der Waals surface area (Å²) in [6.45, 7) is 3.64. The van der Waals surface area contributed by atoms with E-state index in [0.717, 1.165) is 16.9 Å². The summed E-state index contributed by atoms with van der Waals surface area (Å²) in [6, 6.07) is 6.68. The van der Waals surface area contributed by atoms with Gasteiger partial charge in [0.05, 0.1) is 11.0 Å². The molecule has 0 bridgehead atoms. The van der Waals surface area contributed by atoms with Crippen molar-refractivity contribution in [3.05, 3.63) is 29.6 Å². The van der Waals surface area contributed by atoms with E-state index in [1.165, 1.54) is 37.7 Å². The summed E-state index contributed by atoms with van der Waals surface area (Å²) in [5.41, 5.74) is 3.15. The van der Waals surface area contributed by atoms with Crippen LogP contribution in [0, 0.1) is 6.92 Å². The lowest BCUT2D eigenvalue weighted by Gasteiger charge is -2.30. The third-order valence-corrected chi connectivity index (χ3v) is 5.44. The molecule has 1 aliphatic heterocycles. The fraction of sp³-hybridized carbons (Fsp3) is 0.632. The zero-order valence-electron chi connectivity index (χ0n) is 14.3. The number of likely N-dealkylation sites (tertiary alicyclic amines) is 1. The number of halogens is 1. The molecule has 4 rings (SSSR count). The minimum Gasteiger partial charge on any atom is -0.366 e. The lowest BCUT2D eigenvalue weighted by Crippen LogP contribution is -2.35. The van der Waals surface area contributed by atoms with Crippen molar-refractivity contribution in [3.8, 4) is 0 Å². The average molecular weight is 331 g/mol. The molecule has 2 aromatic rings. The summed E-state index contributed by atoms with van der Waals surface area (Å²) in [4.78, 5) is 10.1. The highest BCUT2D eigenvalue weighted by Gasteiger charge is 2.37. The van der Waals surface area contributed by atoms with Crippen molar-refractivity contribution in [2.75, 3.05) is 13.1 Å². The molecule has 2 unspecified atom stereocenters. The van der Waals surface area contributed by atoms with Gasteiger partial charge in [0.2, 0.25) is 0 Å². The third-order valence-electron chi connectivity index (χ3n) is 5.44. The van der Waals surface area contributed by atoms with Crippen molar-refractivity contribution in [2.24, 2.45) is 0 Å². The quantitative estimate of drug-likeness (QED) is 0.928. The van der Waals surface area contributed by atoms with Gasteiger partial charge in [-0.15, -0.1) is 0 Å². The number of H-pyrrole nitrogens is 1. The second kappa shape index (κ2) is 6.81. The van der Waals surface area contributed by atoms with Gasteiger partial charge in [-0.1, -0.05) is 25.3 Å². The zero-order chi connectivity index (χ0) is 16.5. The Kier molecular flexibility index (Phi) is 4.55. The van der Waals surface area contributed by atoms with Gasteiger partial charge in [-0.2, -0.15) is 0 Å². The third kappa shape index (κ3) is 3.33. The lowest BCUT2D eigenvalue weighted by molar-refractivity contribution is 0.00726. The van der Waals surface area contributed by atoms with Gasteiger partial charge >= 0.3 is 0 Å². The van der Waals surface area contributed by atoms with Crippen LogP contribution in [0.15, 0.2) is 18.2 Å². The molecule has 2 atom stereocenters. The van der Waals surface area contributed by atoms with E-state index in [0.29, 0.717) is 25.7 Å². The van der Waals surface area contributed by atoms with Crippen LogP contribution in [0.1, 0.15) is 43.5 Å². The Balaban J connectivity index is 1.36. The van der Waals surface area contributed by atoms with E-state index in [1.807, 2.05) is 12.1 Å². The first-order chi connectivity index (χ1) is 11.7. The Morgan fingerprint density at radius 1 is 1.25 bits per heavy atom. The first-order valence-electron chi connectivity index (χ1n) is 9.14. The van der Waals surface area contributed by atoms with Gasteiger partial charge < -0.3 is 9.72 Å². The first-order valence-corrected chi connectivity index (χ1v) is 9.14. The Hall–Kier alpha value is -1.46. The van der Waals surface area contributed by atoms with Crippen LogP contribution in [-0.4, -0.2) is 46.3 Å². The Morgan fingerprint density at radius 3 is 2.92 bits per heavy atom. The molecule has 0 amide bonds. The van der Waals surface area contributed by atoms with Gasteiger partial charge in [0.1, 0.15) is 24.7 Å². The smallest absolute Gasteiger partial charge is 0.140 e. The number of aryl methyl sites for hydroxylation is 1.